The van der Waals surface area contributed by atoms with Crippen molar-refractivity contribution in [3.63, 3.8) is 0 Å². The lowest BCUT2D eigenvalue weighted by atomic mass is 9.96. The number of ether oxygens (including phenoxy) is 2. The summed E-state index contributed by atoms with van der Waals surface area (Å²) in [5.74, 6) is 3.85. The molecule has 1 saturated heterocycles. The van der Waals surface area contributed by atoms with Crippen molar-refractivity contribution < 1.29 is 9.47 Å². The minimum Gasteiger partial charge on any atom is -0.497 e. The lowest BCUT2D eigenvalue weighted by Crippen LogP contribution is -2.40. The van der Waals surface area contributed by atoms with E-state index in [4.69, 9.17) is 14.5 Å². The van der Waals surface area contributed by atoms with Crippen molar-refractivity contribution in [1.29, 1.82) is 0 Å². The number of guanidine groups is 1. The zero-order valence-electron chi connectivity index (χ0n) is 18.1. The monoisotopic (exact) mass is 528 g/mol. The van der Waals surface area contributed by atoms with Crippen molar-refractivity contribution in [3.8, 4) is 17.1 Å². The number of aromatic amines is 1. The highest BCUT2D eigenvalue weighted by atomic mass is 127. The van der Waals surface area contributed by atoms with Crippen molar-refractivity contribution in [2.45, 2.75) is 32.7 Å². The van der Waals surface area contributed by atoms with Gasteiger partial charge in [0.2, 0.25) is 0 Å². The Hall–Kier alpha value is -1.88. The maximum Gasteiger partial charge on any atom is 0.194 e. The van der Waals surface area contributed by atoms with E-state index in [9.17, 15) is 0 Å². The van der Waals surface area contributed by atoms with Gasteiger partial charge in [-0.2, -0.15) is 5.10 Å². The summed E-state index contributed by atoms with van der Waals surface area (Å²) in [4.78, 5) is 11.5. The first-order chi connectivity index (χ1) is 14.2. The maximum atomic E-state index is 5.45. The summed E-state index contributed by atoms with van der Waals surface area (Å²) < 4.78 is 10.6. The molecule has 30 heavy (non-hydrogen) atoms. The third-order valence-corrected chi connectivity index (χ3v) is 5.17. The molecular weight excluding hydrogens is 495 g/mol. The SMILES string of the molecule is CCNC(=NCc1nc(-c2ccc(OC)cc2)n[nH]1)N(C)CCC1CCOCC1.I. The van der Waals surface area contributed by atoms with Crippen LogP contribution in [0.25, 0.3) is 11.4 Å². The number of aliphatic imine (C=N–C) groups is 1. The van der Waals surface area contributed by atoms with Gasteiger partial charge in [-0.25, -0.2) is 9.98 Å². The molecule has 1 aromatic carbocycles. The van der Waals surface area contributed by atoms with Crippen LogP contribution in [0.4, 0.5) is 0 Å². The summed E-state index contributed by atoms with van der Waals surface area (Å²) in [7, 11) is 3.74. The number of nitrogens with zero attached hydrogens (tertiary/aromatic N) is 4. The largest absolute Gasteiger partial charge is 0.497 e. The summed E-state index contributed by atoms with van der Waals surface area (Å²) in [5, 5.41) is 10.7. The predicted molar refractivity (Wildman–Crippen MR) is 129 cm³/mol. The molecule has 0 saturated carbocycles. The fourth-order valence-corrected chi connectivity index (χ4v) is 3.37. The first kappa shape index (κ1) is 24.4. The van der Waals surface area contributed by atoms with Crippen molar-refractivity contribution >= 4 is 29.9 Å². The van der Waals surface area contributed by atoms with E-state index >= 15 is 0 Å². The van der Waals surface area contributed by atoms with Gasteiger partial charge >= 0.3 is 0 Å². The molecule has 0 spiro atoms. The van der Waals surface area contributed by atoms with Crippen LogP contribution < -0.4 is 10.1 Å². The van der Waals surface area contributed by atoms with E-state index < -0.39 is 0 Å². The number of benzene rings is 1. The fourth-order valence-electron chi connectivity index (χ4n) is 3.37. The molecule has 2 heterocycles. The number of nitrogens with one attached hydrogen (secondary N) is 2. The highest BCUT2D eigenvalue weighted by molar-refractivity contribution is 14.0. The Kier molecular flexibility index (Phi) is 10.4. The first-order valence-electron chi connectivity index (χ1n) is 10.3. The Bertz CT molecular complexity index is 774. The van der Waals surface area contributed by atoms with Crippen LogP contribution in [-0.2, 0) is 11.3 Å². The molecule has 0 bridgehead atoms. The number of hydrogen-bond donors (Lipinski definition) is 2. The molecule has 2 N–H and O–H groups in total. The van der Waals surface area contributed by atoms with Crippen LogP contribution in [0, 0.1) is 5.92 Å². The third kappa shape index (κ3) is 7.12. The second-order valence-electron chi connectivity index (χ2n) is 7.27. The number of hydrogen-bond acceptors (Lipinski definition) is 5. The van der Waals surface area contributed by atoms with E-state index in [1.807, 2.05) is 24.3 Å². The lowest BCUT2D eigenvalue weighted by molar-refractivity contribution is 0.0625. The van der Waals surface area contributed by atoms with Gasteiger partial charge in [0.25, 0.3) is 0 Å². The molecule has 0 atom stereocenters. The Labute approximate surface area is 195 Å². The molecular formula is C21H33IN6O2. The summed E-state index contributed by atoms with van der Waals surface area (Å²) >= 11 is 0. The smallest absolute Gasteiger partial charge is 0.194 e. The highest BCUT2D eigenvalue weighted by Gasteiger charge is 2.15. The predicted octanol–water partition coefficient (Wildman–Crippen LogP) is 3.31. The molecule has 0 amide bonds. The van der Waals surface area contributed by atoms with Crippen LogP contribution >= 0.6 is 24.0 Å². The van der Waals surface area contributed by atoms with Gasteiger partial charge in [0, 0.05) is 38.9 Å². The molecule has 1 fully saturated rings. The van der Waals surface area contributed by atoms with Crippen molar-refractivity contribution in [3.05, 3.63) is 30.1 Å². The summed E-state index contributed by atoms with van der Waals surface area (Å²) in [5.41, 5.74) is 0.942. The number of H-pyrrole nitrogens is 1. The Morgan fingerprint density at radius 2 is 2.03 bits per heavy atom. The molecule has 0 aliphatic carbocycles. The normalized spacial score (nSPS) is 14.8. The van der Waals surface area contributed by atoms with E-state index in [2.05, 4.69) is 39.4 Å². The van der Waals surface area contributed by atoms with E-state index in [1.54, 1.807) is 7.11 Å². The Morgan fingerprint density at radius 3 is 2.70 bits per heavy atom. The van der Waals surface area contributed by atoms with E-state index in [0.29, 0.717) is 12.4 Å². The standard InChI is InChI=1S/C21H32N6O2.HI/c1-4-22-21(27(2)12-9-16-10-13-29-14-11-16)23-15-19-24-20(26-25-19)17-5-7-18(28-3)8-6-17;/h5-8,16H,4,9-15H2,1-3H3,(H,22,23)(H,24,25,26);1H. The zero-order chi connectivity index (χ0) is 20.5. The fraction of sp³-hybridized carbons (Fsp3) is 0.571. The van der Waals surface area contributed by atoms with Crippen LogP contribution in [-0.4, -0.2) is 66.5 Å². The molecule has 3 rings (SSSR count). The summed E-state index contributed by atoms with van der Waals surface area (Å²) in [6, 6.07) is 7.70. The molecule has 9 heteroatoms. The minimum atomic E-state index is 0. The van der Waals surface area contributed by atoms with Crippen LogP contribution in [0.1, 0.15) is 32.0 Å². The molecule has 2 aromatic rings. The minimum absolute atomic E-state index is 0. The molecule has 1 aliphatic heterocycles. The zero-order valence-corrected chi connectivity index (χ0v) is 20.4. The van der Waals surface area contributed by atoms with E-state index in [0.717, 1.165) is 74.6 Å². The maximum absolute atomic E-state index is 5.45. The molecule has 8 nitrogen and oxygen atoms in total. The molecule has 1 aliphatic rings. The molecule has 1 aromatic heterocycles. The second kappa shape index (κ2) is 12.7. The van der Waals surface area contributed by atoms with Crippen LogP contribution in [0.5, 0.6) is 5.75 Å². The number of rotatable bonds is 8. The van der Waals surface area contributed by atoms with Gasteiger partial charge in [0.15, 0.2) is 11.8 Å². The van der Waals surface area contributed by atoms with Gasteiger partial charge in [-0.3, -0.25) is 5.10 Å². The summed E-state index contributed by atoms with van der Waals surface area (Å²) in [6.45, 7) is 6.12. The topological polar surface area (TPSA) is 87.7 Å². The molecule has 0 unspecified atom stereocenters. The van der Waals surface area contributed by atoms with Crippen LogP contribution in [0.2, 0.25) is 0 Å². The molecule has 166 valence electrons. The van der Waals surface area contributed by atoms with Gasteiger partial charge in [0.05, 0.1) is 7.11 Å². The van der Waals surface area contributed by atoms with E-state index in [-0.39, 0.29) is 24.0 Å². The van der Waals surface area contributed by atoms with Gasteiger partial charge < -0.3 is 19.7 Å². The lowest BCUT2D eigenvalue weighted by Gasteiger charge is -2.26. The third-order valence-electron chi connectivity index (χ3n) is 5.17. The second-order valence-corrected chi connectivity index (χ2v) is 7.27. The number of methoxy groups -OCH3 is 1. The average molecular weight is 528 g/mol. The highest BCUT2D eigenvalue weighted by Crippen LogP contribution is 2.20. The molecule has 0 radical (unpaired) electrons. The quantitative estimate of drug-likeness (QED) is 0.311. The summed E-state index contributed by atoms with van der Waals surface area (Å²) in [6.07, 6.45) is 3.48. The number of halogens is 1. The van der Waals surface area contributed by atoms with Gasteiger partial charge in [0.1, 0.15) is 18.1 Å². The number of aromatic nitrogens is 3. The average Bonchev–Trinajstić information content (AvgIpc) is 3.25. The van der Waals surface area contributed by atoms with Crippen LogP contribution in [0.3, 0.4) is 0 Å². The van der Waals surface area contributed by atoms with Crippen LogP contribution in [0.15, 0.2) is 29.3 Å². The van der Waals surface area contributed by atoms with Crippen molar-refractivity contribution in [2.24, 2.45) is 10.9 Å². The Balaban J connectivity index is 0.00000320. The van der Waals surface area contributed by atoms with Gasteiger partial charge in [-0.1, -0.05) is 0 Å². The van der Waals surface area contributed by atoms with Crippen molar-refractivity contribution in [1.82, 2.24) is 25.4 Å². The first-order valence-corrected chi connectivity index (χ1v) is 10.3. The van der Waals surface area contributed by atoms with Gasteiger partial charge in [-0.05, 0) is 56.4 Å². The van der Waals surface area contributed by atoms with Crippen molar-refractivity contribution in [2.75, 3.05) is 40.5 Å². The Morgan fingerprint density at radius 1 is 1.30 bits per heavy atom. The van der Waals surface area contributed by atoms with Gasteiger partial charge in [-0.15, -0.1) is 24.0 Å². The van der Waals surface area contributed by atoms with E-state index in [1.165, 1.54) is 0 Å².